The van der Waals surface area contributed by atoms with E-state index in [4.69, 9.17) is 0 Å². The van der Waals surface area contributed by atoms with E-state index in [9.17, 15) is 14.7 Å². The molecule has 1 aliphatic rings. The summed E-state index contributed by atoms with van der Waals surface area (Å²) < 4.78 is 1.59. The molecular weight excluding hydrogens is 346 g/mol. The van der Waals surface area contributed by atoms with Gasteiger partial charge >= 0.3 is 5.97 Å². The minimum atomic E-state index is -0.875. The minimum Gasteiger partial charge on any atom is -0.481 e. The summed E-state index contributed by atoms with van der Waals surface area (Å²) >= 11 is 0. The Hall–Kier alpha value is -3.29. The van der Waals surface area contributed by atoms with Crippen LogP contribution in [0.25, 0.3) is 16.6 Å². The molecule has 1 fully saturated rings. The molecule has 1 amide bonds. The normalized spacial score (nSPS) is 19.3. The van der Waals surface area contributed by atoms with Crippen LogP contribution in [0.3, 0.4) is 0 Å². The molecule has 0 bridgehead atoms. The van der Waals surface area contributed by atoms with Crippen molar-refractivity contribution in [1.82, 2.24) is 25.3 Å². The van der Waals surface area contributed by atoms with Crippen LogP contribution in [0.15, 0.2) is 36.5 Å². The number of fused-ring (bicyclic) bond motifs is 1. The predicted octanol–water partition coefficient (Wildman–Crippen LogP) is 2.11. The summed E-state index contributed by atoms with van der Waals surface area (Å²) in [5, 5.41) is 21.2. The SMILES string of the molecule is Cc1c(C(=O)N[C@@H]2CCC[C@@H]2C(=O)O)nnn1-c1cccc2cccnc12. The van der Waals surface area contributed by atoms with Gasteiger partial charge < -0.3 is 10.4 Å². The van der Waals surface area contributed by atoms with Gasteiger partial charge in [0.05, 0.1) is 22.8 Å². The van der Waals surface area contributed by atoms with E-state index in [1.807, 2.05) is 30.3 Å². The Morgan fingerprint density at radius 2 is 2.04 bits per heavy atom. The third-order valence-electron chi connectivity index (χ3n) is 5.10. The van der Waals surface area contributed by atoms with E-state index in [1.54, 1.807) is 17.8 Å². The molecule has 2 aromatic heterocycles. The molecule has 1 saturated carbocycles. The van der Waals surface area contributed by atoms with Gasteiger partial charge in [-0.1, -0.05) is 29.8 Å². The number of hydrogen-bond acceptors (Lipinski definition) is 5. The Bertz CT molecular complexity index is 1020. The first-order valence-corrected chi connectivity index (χ1v) is 8.86. The zero-order chi connectivity index (χ0) is 19.0. The van der Waals surface area contributed by atoms with Gasteiger partial charge in [0.15, 0.2) is 5.69 Å². The summed E-state index contributed by atoms with van der Waals surface area (Å²) in [7, 11) is 0. The summed E-state index contributed by atoms with van der Waals surface area (Å²) in [4.78, 5) is 28.4. The Labute approximate surface area is 155 Å². The second kappa shape index (κ2) is 6.79. The second-order valence-electron chi connectivity index (χ2n) is 6.74. The van der Waals surface area contributed by atoms with Crippen molar-refractivity contribution in [2.75, 3.05) is 0 Å². The van der Waals surface area contributed by atoms with Crippen LogP contribution >= 0.6 is 0 Å². The van der Waals surface area contributed by atoms with Gasteiger partial charge in [-0.3, -0.25) is 14.6 Å². The molecule has 0 unspecified atom stereocenters. The van der Waals surface area contributed by atoms with Crippen LogP contribution in [0, 0.1) is 12.8 Å². The summed E-state index contributed by atoms with van der Waals surface area (Å²) in [5.41, 5.74) is 2.28. The molecular formula is C19H19N5O3. The van der Waals surface area contributed by atoms with Crippen LogP contribution in [-0.2, 0) is 4.79 Å². The smallest absolute Gasteiger partial charge is 0.308 e. The third kappa shape index (κ3) is 3.03. The standard InChI is InChI=1S/C19H19N5O3/c1-11-16(18(25)21-14-8-3-7-13(14)19(26)27)22-23-24(11)15-9-2-5-12-6-4-10-20-17(12)15/h2,4-6,9-10,13-14H,3,7-8H2,1H3,(H,21,25)(H,26,27)/t13-,14+/m0/s1. The number of rotatable bonds is 4. The van der Waals surface area contributed by atoms with Crippen LogP contribution < -0.4 is 5.32 Å². The van der Waals surface area contributed by atoms with Crippen LogP contribution in [0.4, 0.5) is 0 Å². The zero-order valence-electron chi connectivity index (χ0n) is 14.8. The molecule has 4 rings (SSSR count). The van der Waals surface area contributed by atoms with Gasteiger partial charge in [0, 0.05) is 17.6 Å². The molecule has 2 N–H and O–H groups in total. The maximum Gasteiger partial charge on any atom is 0.308 e. The molecule has 0 aliphatic heterocycles. The van der Waals surface area contributed by atoms with Gasteiger partial charge in [-0.2, -0.15) is 0 Å². The van der Waals surface area contributed by atoms with Gasteiger partial charge in [0.25, 0.3) is 5.91 Å². The molecule has 3 aromatic rings. The van der Waals surface area contributed by atoms with Crippen molar-refractivity contribution in [3.05, 3.63) is 47.9 Å². The van der Waals surface area contributed by atoms with E-state index in [1.165, 1.54) is 0 Å². The van der Waals surface area contributed by atoms with Crippen molar-refractivity contribution in [2.45, 2.75) is 32.2 Å². The number of amides is 1. The van der Waals surface area contributed by atoms with Crippen LogP contribution in [0.2, 0.25) is 0 Å². The van der Waals surface area contributed by atoms with Crippen LogP contribution in [0.5, 0.6) is 0 Å². The van der Waals surface area contributed by atoms with Gasteiger partial charge in [-0.15, -0.1) is 5.10 Å². The highest BCUT2D eigenvalue weighted by Gasteiger charge is 2.34. The van der Waals surface area contributed by atoms with Crippen molar-refractivity contribution >= 4 is 22.8 Å². The Balaban J connectivity index is 1.64. The van der Waals surface area contributed by atoms with Crippen molar-refractivity contribution in [3.63, 3.8) is 0 Å². The van der Waals surface area contributed by atoms with E-state index in [0.29, 0.717) is 18.5 Å². The van der Waals surface area contributed by atoms with Crippen LogP contribution in [-0.4, -0.2) is 43.0 Å². The van der Waals surface area contributed by atoms with E-state index in [0.717, 1.165) is 23.0 Å². The summed E-state index contributed by atoms with van der Waals surface area (Å²) in [5.74, 6) is -1.82. The number of carboxylic acid groups (broad SMARTS) is 1. The number of para-hydroxylation sites is 1. The lowest BCUT2D eigenvalue weighted by molar-refractivity contribution is -0.142. The molecule has 1 aliphatic carbocycles. The van der Waals surface area contributed by atoms with Gasteiger partial charge in [-0.05, 0) is 31.9 Å². The van der Waals surface area contributed by atoms with E-state index >= 15 is 0 Å². The Morgan fingerprint density at radius 3 is 2.85 bits per heavy atom. The number of carbonyl (C=O) groups is 2. The number of hydrogen-bond donors (Lipinski definition) is 2. The fourth-order valence-corrected chi connectivity index (χ4v) is 3.69. The Kier molecular flexibility index (Phi) is 4.31. The van der Waals surface area contributed by atoms with Crippen molar-refractivity contribution in [1.29, 1.82) is 0 Å². The summed E-state index contributed by atoms with van der Waals surface area (Å²) in [6, 6.07) is 9.17. The predicted molar refractivity (Wildman–Crippen MR) is 97.6 cm³/mol. The van der Waals surface area contributed by atoms with Gasteiger partial charge in [0.2, 0.25) is 0 Å². The van der Waals surface area contributed by atoms with Gasteiger partial charge in [0.1, 0.15) is 0 Å². The number of aromatic nitrogens is 4. The van der Waals surface area contributed by atoms with Crippen LogP contribution in [0.1, 0.15) is 35.4 Å². The molecule has 2 heterocycles. The lowest BCUT2D eigenvalue weighted by Crippen LogP contribution is -2.40. The molecule has 2 atom stereocenters. The molecule has 8 nitrogen and oxygen atoms in total. The largest absolute Gasteiger partial charge is 0.481 e. The third-order valence-corrected chi connectivity index (χ3v) is 5.10. The quantitative estimate of drug-likeness (QED) is 0.733. The zero-order valence-corrected chi connectivity index (χ0v) is 14.8. The number of carboxylic acids is 1. The van der Waals surface area contributed by atoms with Crippen molar-refractivity contribution in [2.24, 2.45) is 5.92 Å². The molecule has 138 valence electrons. The molecule has 8 heteroatoms. The van der Waals surface area contributed by atoms with E-state index in [2.05, 4.69) is 20.6 Å². The van der Waals surface area contributed by atoms with Crippen molar-refractivity contribution < 1.29 is 14.7 Å². The fourth-order valence-electron chi connectivity index (χ4n) is 3.69. The fraction of sp³-hybridized carbons (Fsp3) is 0.316. The number of nitrogens with one attached hydrogen (secondary N) is 1. The number of pyridine rings is 1. The number of carbonyl (C=O) groups excluding carboxylic acids is 1. The number of aliphatic carboxylic acids is 1. The Morgan fingerprint density at radius 1 is 1.22 bits per heavy atom. The maximum absolute atomic E-state index is 12.7. The lowest BCUT2D eigenvalue weighted by atomic mass is 10.0. The lowest BCUT2D eigenvalue weighted by Gasteiger charge is -2.16. The average molecular weight is 365 g/mol. The number of nitrogens with zero attached hydrogens (tertiary/aromatic N) is 4. The molecule has 27 heavy (non-hydrogen) atoms. The minimum absolute atomic E-state index is 0.193. The maximum atomic E-state index is 12.7. The monoisotopic (exact) mass is 365 g/mol. The highest BCUT2D eigenvalue weighted by Crippen LogP contribution is 2.26. The highest BCUT2D eigenvalue weighted by molar-refractivity contribution is 5.94. The summed E-state index contributed by atoms with van der Waals surface area (Å²) in [6.45, 7) is 1.76. The van der Waals surface area contributed by atoms with E-state index < -0.39 is 17.8 Å². The highest BCUT2D eigenvalue weighted by atomic mass is 16.4. The molecule has 0 spiro atoms. The van der Waals surface area contributed by atoms with E-state index in [-0.39, 0.29) is 11.7 Å². The molecule has 1 aromatic carbocycles. The van der Waals surface area contributed by atoms with Gasteiger partial charge in [-0.25, -0.2) is 4.68 Å². The summed E-state index contributed by atoms with van der Waals surface area (Å²) in [6.07, 6.45) is 3.73. The van der Waals surface area contributed by atoms with Crippen molar-refractivity contribution in [3.8, 4) is 5.69 Å². The first-order chi connectivity index (χ1) is 13.1. The topological polar surface area (TPSA) is 110 Å². The average Bonchev–Trinajstić information content (AvgIpc) is 3.28. The molecule has 0 radical (unpaired) electrons. The molecule has 0 saturated heterocycles. The second-order valence-corrected chi connectivity index (χ2v) is 6.74. The first-order valence-electron chi connectivity index (χ1n) is 8.86. The number of benzene rings is 1. The first kappa shape index (κ1) is 17.1.